The largest absolute Gasteiger partial charge is 0.392 e. The average Bonchev–Trinajstić information content (AvgIpc) is 2.25. The Labute approximate surface area is 106 Å². The number of aryl methyl sites for hydroxylation is 2. The maximum atomic E-state index is 9.68. The molecule has 2 N–H and O–H groups in total. The summed E-state index contributed by atoms with van der Waals surface area (Å²) in [6.07, 6.45) is 0.455. The maximum absolute atomic E-state index is 9.68. The fourth-order valence-corrected chi connectivity index (χ4v) is 2.20. The summed E-state index contributed by atoms with van der Waals surface area (Å²) in [7, 11) is 0. The second kappa shape index (κ2) is 4.10. The molecule has 4 nitrogen and oxygen atoms in total. The van der Waals surface area contributed by atoms with Crippen molar-refractivity contribution in [1.29, 1.82) is 0 Å². The van der Waals surface area contributed by atoms with E-state index in [1.54, 1.807) is 0 Å². The zero-order valence-corrected chi connectivity index (χ0v) is 11.3. The van der Waals surface area contributed by atoms with Crippen LogP contribution in [0, 0.1) is 19.3 Å². The highest BCUT2D eigenvalue weighted by molar-refractivity contribution is 6.31. The Kier molecular flexibility index (Phi) is 3.04. The number of aliphatic hydroxyl groups excluding tert-OH is 1. The minimum absolute atomic E-state index is 0.149. The van der Waals surface area contributed by atoms with E-state index in [1.165, 1.54) is 0 Å². The van der Waals surface area contributed by atoms with Crippen LogP contribution in [0.25, 0.3) is 0 Å². The van der Waals surface area contributed by atoms with E-state index in [0.29, 0.717) is 11.0 Å². The Balaban J connectivity index is 2.18. The molecular formula is C12H18ClN3O. The zero-order valence-electron chi connectivity index (χ0n) is 10.6. The molecule has 0 saturated heterocycles. The smallest absolute Gasteiger partial charge is 0.171 e. The number of aliphatic hydroxyl groups is 1. The van der Waals surface area contributed by atoms with E-state index in [2.05, 4.69) is 15.3 Å². The molecule has 0 spiro atoms. The van der Waals surface area contributed by atoms with Gasteiger partial charge in [0.1, 0.15) is 0 Å². The van der Waals surface area contributed by atoms with E-state index in [1.807, 2.05) is 27.7 Å². The van der Waals surface area contributed by atoms with Gasteiger partial charge in [-0.3, -0.25) is 0 Å². The molecule has 2 unspecified atom stereocenters. The summed E-state index contributed by atoms with van der Waals surface area (Å²) < 4.78 is 0. The first-order valence-electron chi connectivity index (χ1n) is 5.77. The quantitative estimate of drug-likeness (QED) is 0.852. The van der Waals surface area contributed by atoms with E-state index in [4.69, 9.17) is 11.6 Å². The average molecular weight is 256 g/mol. The molecule has 1 saturated carbocycles. The van der Waals surface area contributed by atoms with Crippen LogP contribution in [-0.2, 0) is 0 Å². The number of hydrogen-bond acceptors (Lipinski definition) is 4. The van der Waals surface area contributed by atoms with Crippen molar-refractivity contribution >= 4 is 17.4 Å². The van der Waals surface area contributed by atoms with Crippen LogP contribution in [-0.4, -0.2) is 27.2 Å². The van der Waals surface area contributed by atoms with Crippen molar-refractivity contribution in [3.8, 4) is 0 Å². The van der Waals surface area contributed by atoms with Gasteiger partial charge in [0.2, 0.25) is 0 Å². The van der Waals surface area contributed by atoms with Crippen molar-refractivity contribution in [1.82, 2.24) is 9.97 Å². The summed E-state index contributed by atoms with van der Waals surface area (Å²) in [5.41, 5.74) is 1.56. The lowest BCUT2D eigenvalue weighted by Crippen LogP contribution is -2.57. The molecule has 0 aromatic carbocycles. The molecule has 1 fully saturated rings. The molecule has 0 aliphatic heterocycles. The van der Waals surface area contributed by atoms with Gasteiger partial charge in [-0.2, -0.15) is 0 Å². The third-order valence-electron chi connectivity index (χ3n) is 3.79. The maximum Gasteiger partial charge on any atom is 0.171 e. The second-order valence-corrected chi connectivity index (χ2v) is 5.66. The summed E-state index contributed by atoms with van der Waals surface area (Å²) >= 11 is 6.06. The molecule has 1 heterocycles. The van der Waals surface area contributed by atoms with Crippen LogP contribution < -0.4 is 5.32 Å². The lowest BCUT2D eigenvalue weighted by atomic mass is 9.64. The summed E-state index contributed by atoms with van der Waals surface area (Å²) in [6.45, 7) is 7.85. The van der Waals surface area contributed by atoms with Crippen molar-refractivity contribution in [2.45, 2.75) is 46.3 Å². The molecule has 1 aromatic rings. The molecule has 17 heavy (non-hydrogen) atoms. The first kappa shape index (κ1) is 12.6. The Bertz CT molecular complexity index is 448. The number of aromatic nitrogens is 2. The summed E-state index contributed by atoms with van der Waals surface area (Å²) in [6, 6.07) is 0.186. The van der Waals surface area contributed by atoms with Gasteiger partial charge in [-0.1, -0.05) is 25.4 Å². The van der Waals surface area contributed by atoms with Gasteiger partial charge in [-0.05, 0) is 20.3 Å². The number of nitrogens with one attached hydrogen (secondary N) is 1. The molecule has 94 valence electrons. The Morgan fingerprint density at radius 1 is 1.29 bits per heavy atom. The highest BCUT2D eigenvalue weighted by atomic mass is 35.5. The predicted molar refractivity (Wildman–Crippen MR) is 68.3 cm³/mol. The Hall–Kier alpha value is -0.870. The first-order valence-corrected chi connectivity index (χ1v) is 6.15. The number of hydrogen-bond donors (Lipinski definition) is 2. The highest BCUT2D eigenvalue weighted by Crippen LogP contribution is 2.42. The van der Waals surface area contributed by atoms with Crippen LogP contribution in [0.3, 0.4) is 0 Å². The van der Waals surface area contributed by atoms with E-state index in [-0.39, 0.29) is 17.6 Å². The van der Waals surface area contributed by atoms with E-state index in [0.717, 1.165) is 17.8 Å². The molecular weight excluding hydrogens is 238 g/mol. The van der Waals surface area contributed by atoms with E-state index < -0.39 is 0 Å². The Morgan fingerprint density at radius 2 is 1.88 bits per heavy atom. The van der Waals surface area contributed by atoms with Gasteiger partial charge in [-0.25, -0.2) is 9.97 Å². The van der Waals surface area contributed by atoms with Crippen molar-refractivity contribution in [3.63, 3.8) is 0 Å². The van der Waals surface area contributed by atoms with Gasteiger partial charge >= 0.3 is 0 Å². The van der Waals surface area contributed by atoms with E-state index in [9.17, 15) is 5.11 Å². The molecule has 1 aliphatic carbocycles. The third-order valence-corrected chi connectivity index (χ3v) is 4.05. The molecule has 0 radical (unpaired) electrons. The summed E-state index contributed by atoms with van der Waals surface area (Å²) in [5.74, 6) is 0.611. The van der Waals surface area contributed by atoms with Gasteiger partial charge in [0, 0.05) is 11.5 Å². The standard InChI is InChI=1S/C12H18ClN3O/c1-6-7(2)15-11(10(13)14-6)16-8-5-9(17)12(8,3)4/h8-9,17H,5H2,1-4H3,(H,15,16). The van der Waals surface area contributed by atoms with Gasteiger partial charge in [0.25, 0.3) is 0 Å². The monoisotopic (exact) mass is 255 g/mol. The molecule has 5 heteroatoms. The number of nitrogens with zero attached hydrogens (tertiary/aromatic N) is 2. The molecule has 1 aliphatic rings. The SMILES string of the molecule is Cc1nc(Cl)c(NC2CC(O)C2(C)C)nc1C. The van der Waals surface area contributed by atoms with Crippen LogP contribution in [0.1, 0.15) is 31.7 Å². The van der Waals surface area contributed by atoms with Crippen molar-refractivity contribution in [2.75, 3.05) is 5.32 Å². The predicted octanol–water partition coefficient (Wildman–Crippen LogP) is 2.32. The van der Waals surface area contributed by atoms with Crippen molar-refractivity contribution in [3.05, 3.63) is 16.5 Å². The molecule has 2 atom stereocenters. The molecule has 2 rings (SSSR count). The number of anilines is 1. The normalized spacial score (nSPS) is 26.5. The van der Waals surface area contributed by atoms with Crippen LogP contribution in [0.15, 0.2) is 0 Å². The molecule has 1 aromatic heterocycles. The van der Waals surface area contributed by atoms with Crippen LogP contribution in [0.2, 0.25) is 5.15 Å². The van der Waals surface area contributed by atoms with Gasteiger partial charge in [0.15, 0.2) is 11.0 Å². The lowest BCUT2D eigenvalue weighted by molar-refractivity contribution is -0.0511. The summed E-state index contributed by atoms with van der Waals surface area (Å²) in [4.78, 5) is 8.63. The third kappa shape index (κ3) is 2.11. The van der Waals surface area contributed by atoms with Gasteiger partial charge in [0.05, 0.1) is 17.5 Å². The number of halogens is 1. The topological polar surface area (TPSA) is 58.0 Å². The zero-order chi connectivity index (χ0) is 12.8. The van der Waals surface area contributed by atoms with E-state index >= 15 is 0 Å². The highest BCUT2D eigenvalue weighted by Gasteiger charge is 2.47. The molecule has 0 amide bonds. The van der Waals surface area contributed by atoms with Gasteiger partial charge < -0.3 is 10.4 Å². The fourth-order valence-electron chi connectivity index (χ4n) is 1.98. The lowest BCUT2D eigenvalue weighted by Gasteiger charge is -2.49. The first-order chi connectivity index (χ1) is 7.82. The minimum Gasteiger partial charge on any atom is -0.392 e. The second-order valence-electron chi connectivity index (χ2n) is 5.30. The van der Waals surface area contributed by atoms with Crippen LogP contribution in [0.5, 0.6) is 0 Å². The minimum atomic E-state index is -0.265. The molecule has 0 bridgehead atoms. The fraction of sp³-hybridized carbons (Fsp3) is 0.667. The van der Waals surface area contributed by atoms with Crippen LogP contribution in [0.4, 0.5) is 5.82 Å². The number of rotatable bonds is 2. The van der Waals surface area contributed by atoms with Gasteiger partial charge in [-0.15, -0.1) is 0 Å². The van der Waals surface area contributed by atoms with Crippen molar-refractivity contribution < 1.29 is 5.11 Å². The Morgan fingerprint density at radius 3 is 2.41 bits per heavy atom. The van der Waals surface area contributed by atoms with Crippen molar-refractivity contribution in [2.24, 2.45) is 5.41 Å². The van der Waals surface area contributed by atoms with Crippen LogP contribution >= 0.6 is 11.6 Å². The summed E-state index contributed by atoms with van der Waals surface area (Å²) in [5, 5.41) is 13.3.